The molecule has 0 bridgehead atoms. The van der Waals surface area contributed by atoms with Crippen molar-refractivity contribution in [2.45, 2.75) is 57.2 Å². The lowest BCUT2D eigenvalue weighted by molar-refractivity contribution is 0.606. The molecular weight excluding hydrogens is 220 g/mol. The summed E-state index contributed by atoms with van der Waals surface area (Å²) >= 11 is 6.33. The van der Waals surface area contributed by atoms with Gasteiger partial charge in [-0.15, -0.1) is 11.6 Å². The average molecular weight is 239 g/mol. The van der Waals surface area contributed by atoms with E-state index in [-0.39, 0.29) is 5.38 Å². The standard InChI is InChI=1S/C13H19ClN2/c1-3-11(14)9(2)13-10-6-4-5-7-12(10)15-8-16-13/h8-9,11H,3-7H2,1-2H3. The Kier molecular flexibility index (Phi) is 3.80. The van der Waals surface area contributed by atoms with Crippen molar-refractivity contribution in [3.63, 3.8) is 0 Å². The maximum absolute atomic E-state index is 6.33. The van der Waals surface area contributed by atoms with Crippen molar-refractivity contribution in [1.82, 2.24) is 9.97 Å². The van der Waals surface area contributed by atoms with Crippen LogP contribution in [0.2, 0.25) is 0 Å². The molecule has 88 valence electrons. The second-order valence-electron chi connectivity index (χ2n) is 4.60. The molecule has 0 amide bonds. The fourth-order valence-corrected chi connectivity index (χ4v) is 2.58. The Labute approximate surface area is 102 Å². The number of hydrogen-bond acceptors (Lipinski definition) is 2. The predicted octanol–water partition coefficient (Wildman–Crippen LogP) is 3.48. The van der Waals surface area contributed by atoms with Gasteiger partial charge in [-0.2, -0.15) is 0 Å². The molecule has 16 heavy (non-hydrogen) atoms. The molecule has 0 saturated heterocycles. The van der Waals surface area contributed by atoms with E-state index in [0.717, 1.165) is 19.3 Å². The van der Waals surface area contributed by atoms with E-state index in [2.05, 4.69) is 23.8 Å². The Bertz CT molecular complexity index is 365. The third-order valence-electron chi connectivity index (χ3n) is 3.52. The van der Waals surface area contributed by atoms with E-state index in [1.165, 1.54) is 29.8 Å². The zero-order chi connectivity index (χ0) is 11.5. The summed E-state index contributed by atoms with van der Waals surface area (Å²) in [5, 5.41) is 0.181. The topological polar surface area (TPSA) is 25.8 Å². The molecule has 1 aliphatic rings. The fraction of sp³-hybridized carbons (Fsp3) is 0.692. The molecule has 0 fully saturated rings. The Hall–Kier alpha value is -0.630. The van der Waals surface area contributed by atoms with Crippen LogP contribution in [0.5, 0.6) is 0 Å². The first-order valence-electron chi connectivity index (χ1n) is 6.20. The van der Waals surface area contributed by atoms with E-state index in [4.69, 9.17) is 11.6 Å². The van der Waals surface area contributed by atoms with Gasteiger partial charge in [0.15, 0.2) is 0 Å². The largest absolute Gasteiger partial charge is 0.241 e. The molecule has 2 rings (SSSR count). The number of aromatic nitrogens is 2. The van der Waals surface area contributed by atoms with Crippen molar-refractivity contribution in [2.75, 3.05) is 0 Å². The molecule has 1 heterocycles. The van der Waals surface area contributed by atoms with Crippen LogP contribution < -0.4 is 0 Å². The molecule has 0 aliphatic heterocycles. The summed E-state index contributed by atoms with van der Waals surface area (Å²) in [6.45, 7) is 4.31. The minimum absolute atomic E-state index is 0.181. The molecule has 0 radical (unpaired) electrons. The van der Waals surface area contributed by atoms with Crippen LogP contribution in [0, 0.1) is 0 Å². The SMILES string of the molecule is CCC(Cl)C(C)c1ncnc2c1CCCC2. The van der Waals surface area contributed by atoms with E-state index < -0.39 is 0 Å². The first kappa shape index (κ1) is 11.8. The highest BCUT2D eigenvalue weighted by atomic mass is 35.5. The lowest BCUT2D eigenvalue weighted by atomic mass is 9.89. The second-order valence-corrected chi connectivity index (χ2v) is 5.16. The van der Waals surface area contributed by atoms with Crippen LogP contribution in [0.1, 0.15) is 56.0 Å². The molecule has 2 nitrogen and oxygen atoms in total. The molecule has 0 saturated carbocycles. The average Bonchev–Trinajstić information content (AvgIpc) is 2.36. The Morgan fingerprint density at radius 2 is 2.06 bits per heavy atom. The van der Waals surface area contributed by atoms with Crippen molar-refractivity contribution in [3.05, 3.63) is 23.3 Å². The molecule has 1 aromatic heterocycles. The van der Waals surface area contributed by atoms with Crippen LogP contribution in [0.3, 0.4) is 0 Å². The van der Waals surface area contributed by atoms with Gasteiger partial charge in [0.05, 0.1) is 5.69 Å². The zero-order valence-corrected chi connectivity index (χ0v) is 10.8. The van der Waals surface area contributed by atoms with Gasteiger partial charge in [-0.3, -0.25) is 0 Å². The quantitative estimate of drug-likeness (QED) is 0.754. The van der Waals surface area contributed by atoms with Crippen LogP contribution in [-0.4, -0.2) is 15.3 Å². The highest BCUT2D eigenvalue weighted by Gasteiger charge is 2.22. The van der Waals surface area contributed by atoms with E-state index in [9.17, 15) is 0 Å². The number of aryl methyl sites for hydroxylation is 1. The maximum Gasteiger partial charge on any atom is 0.115 e. The zero-order valence-electron chi connectivity index (χ0n) is 10.0. The molecule has 2 unspecified atom stereocenters. The third-order valence-corrected chi connectivity index (χ3v) is 4.21. The van der Waals surface area contributed by atoms with E-state index in [1.807, 2.05) is 0 Å². The number of hydrogen-bond donors (Lipinski definition) is 0. The smallest absolute Gasteiger partial charge is 0.115 e. The summed E-state index contributed by atoms with van der Waals surface area (Å²) in [5.41, 5.74) is 3.81. The van der Waals surface area contributed by atoms with Gasteiger partial charge in [0, 0.05) is 17.0 Å². The Morgan fingerprint density at radius 3 is 2.81 bits per heavy atom. The molecule has 1 aromatic rings. The number of alkyl halides is 1. The van der Waals surface area contributed by atoms with Gasteiger partial charge >= 0.3 is 0 Å². The van der Waals surface area contributed by atoms with Crippen molar-refractivity contribution in [2.24, 2.45) is 0 Å². The molecule has 0 N–H and O–H groups in total. The molecule has 3 heteroatoms. The van der Waals surface area contributed by atoms with Crippen molar-refractivity contribution in [3.8, 4) is 0 Å². The number of fused-ring (bicyclic) bond motifs is 1. The second kappa shape index (κ2) is 5.13. The van der Waals surface area contributed by atoms with E-state index >= 15 is 0 Å². The number of nitrogens with zero attached hydrogens (tertiary/aromatic N) is 2. The monoisotopic (exact) mass is 238 g/mol. The van der Waals surface area contributed by atoms with Crippen LogP contribution >= 0.6 is 11.6 Å². The first-order valence-corrected chi connectivity index (χ1v) is 6.64. The van der Waals surface area contributed by atoms with Crippen LogP contribution in [0.25, 0.3) is 0 Å². The van der Waals surface area contributed by atoms with Crippen molar-refractivity contribution >= 4 is 11.6 Å². The summed E-state index contributed by atoms with van der Waals surface area (Å²) in [6, 6.07) is 0. The molecule has 2 atom stereocenters. The summed E-state index contributed by atoms with van der Waals surface area (Å²) in [5.74, 6) is 0.335. The summed E-state index contributed by atoms with van der Waals surface area (Å²) in [4.78, 5) is 8.86. The van der Waals surface area contributed by atoms with Gasteiger partial charge in [0.2, 0.25) is 0 Å². The van der Waals surface area contributed by atoms with Gasteiger partial charge in [0.25, 0.3) is 0 Å². The third kappa shape index (κ3) is 2.22. The summed E-state index contributed by atoms with van der Waals surface area (Å²) in [7, 11) is 0. The predicted molar refractivity (Wildman–Crippen MR) is 67.0 cm³/mol. The Morgan fingerprint density at radius 1 is 1.31 bits per heavy atom. The number of rotatable bonds is 3. The van der Waals surface area contributed by atoms with Crippen LogP contribution in [0.15, 0.2) is 6.33 Å². The minimum Gasteiger partial charge on any atom is -0.241 e. The maximum atomic E-state index is 6.33. The van der Waals surface area contributed by atoms with Crippen molar-refractivity contribution < 1.29 is 0 Å². The highest BCUT2D eigenvalue weighted by Crippen LogP contribution is 2.30. The van der Waals surface area contributed by atoms with E-state index in [1.54, 1.807) is 6.33 Å². The summed E-state index contributed by atoms with van der Waals surface area (Å²) in [6.07, 6.45) is 7.45. The lowest BCUT2D eigenvalue weighted by Gasteiger charge is -2.23. The van der Waals surface area contributed by atoms with Gasteiger partial charge in [-0.05, 0) is 37.7 Å². The van der Waals surface area contributed by atoms with Gasteiger partial charge < -0.3 is 0 Å². The van der Waals surface area contributed by atoms with Gasteiger partial charge in [-0.1, -0.05) is 13.8 Å². The van der Waals surface area contributed by atoms with Crippen LogP contribution in [-0.2, 0) is 12.8 Å². The van der Waals surface area contributed by atoms with Gasteiger partial charge in [0.1, 0.15) is 6.33 Å². The molecule has 1 aliphatic carbocycles. The highest BCUT2D eigenvalue weighted by molar-refractivity contribution is 6.21. The fourth-order valence-electron chi connectivity index (χ4n) is 2.46. The summed E-state index contributed by atoms with van der Waals surface area (Å²) < 4.78 is 0. The first-order chi connectivity index (χ1) is 7.74. The minimum atomic E-state index is 0.181. The lowest BCUT2D eigenvalue weighted by Crippen LogP contribution is -2.17. The van der Waals surface area contributed by atoms with E-state index in [0.29, 0.717) is 5.92 Å². The van der Waals surface area contributed by atoms with Gasteiger partial charge in [-0.25, -0.2) is 9.97 Å². The molecule has 0 spiro atoms. The molecule has 0 aromatic carbocycles. The molecular formula is C13H19ClN2. The number of halogens is 1. The normalized spacial score (nSPS) is 18.9. The van der Waals surface area contributed by atoms with Crippen molar-refractivity contribution in [1.29, 1.82) is 0 Å². The Balaban J connectivity index is 2.33. The van der Waals surface area contributed by atoms with Crippen LogP contribution in [0.4, 0.5) is 0 Å².